The molecule has 1 aliphatic heterocycles. The zero-order chi connectivity index (χ0) is 45.5. The average molecular weight is 880 g/mol. The molecule has 7 rings (SSSR count). The first-order valence-corrected chi connectivity index (χ1v) is 19.0. The molecular formula is C42H36F3N3O15. The van der Waals surface area contributed by atoms with Gasteiger partial charge in [-0.15, -0.1) is 0 Å². The van der Waals surface area contributed by atoms with Crippen LogP contribution in [-0.2, 0) is 30.2 Å². The highest BCUT2D eigenvalue weighted by Gasteiger charge is 2.50. The number of aromatic hydroxyl groups is 2. The number of carbonyl (C=O) groups excluding carboxylic acids is 5. The minimum Gasteiger partial charge on any atom is -0.507 e. The van der Waals surface area contributed by atoms with E-state index in [1.165, 1.54) is 50.4 Å². The number of hydrogen-bond donors (Lipinski definition) is 5. The van der Waals surface area contributed by atoms with Gasteiger partial charge >= 0.3 is 24.1 Å². The molecule has 0 bridgehead atoms. The van der Waals surface area contributed by atoms with Crippen LogP contribution >= 0.6 is 0 Å². The first-order valence-electron chi connectivity index (χ1n) is 19.0. The van der Waals surface area contributed by atoms with Gasteiger partial charge in [-0.1, -0.05) is 24.3 Å². The van der Waals surface area contributed by atoms with E-state index in [4.69, 9.17) is 23.7 Å². The van der Waals surface area contributed by atoms with Gasteiger partial charge < -0.3 is 44.3 Å². The second kappa shape index (κ2) is 17.0. The molecular weight excluding hydrogens is 843 g/mol. The summed E-state index contributed by atoms with van der Waals surface area (Å²) in [6.45, 7) is 0.478. The summed E-state index contributed by atoms with van der Waals surface area (Å²) in [5.41, 5.74) is -4.41. The molecule has 0 radical (unpaired) electrons. The summed E-state index contributed by atoms with van der Waals surface area (Å²) < 4.78 is 69.0. The Morgan fingerprint density at radius 3 is 2.16 bits per heavy atom. The third-order valence-corrected chi connectivity index (χ3v) is 10.8. The fraction of sp³-hybridized carbons (Fsp3) is 0.310. The first kappa shape index (κ1) is 44.0. The minimum absolute atomic E-state index is 0.0811. The van der Waals surface area contributed by atoms with Gasteiger partial charge in [-0.25, -0.2) is 9.59 Å². The van der Waals surface area contributed by atoms with Gasteiger partial charge in [0.25, 0.3) is 5.69 Å². The number of rotatable bonds is 10. The molecule has 21 heteroatoms. The molecule has 6 atom stereocenters. The van der Waals surface area contributed by atoms with Crippen LogP contribution in [-0.4, -0.2) is 99.8 Å². The maximum Gasteiger partial charge on any atom is 0.471 e. The number of nitro benzene ring substituents is 1. The topological polar surface area (TPSA) is 259 Å². The quantitative estimate of drug-likeness (QED) is 0.0524. The molecule has 63 heavy (non-hydrogen) atoms. The van der Waals surface area contributed by atoms with Crippen LogP contribution in [0.1, 0.15) is 79.2 Å². The number of phenolic OH excluding ortho intramolecular Hbond substituents is 2. The fourth-order valence-corrected chi connectivity index (χ4v) is 7.80. The van der Waals surface area contributed by atoms with Crippen molar-refractivity contribution in [2.45, 2.75) is 68.6 Å². The Morgan fingerprint density at radius 1 is 0.952 bits per heavy atom. The zero-order valence-electron chi connectivity index (χ0n) is 33.0. The smallest absolute Gasteiger partial charge is 0.471 e. The summed E-state index contributed by atoms with van der Waals surface area (Å²) in [6, 6.07) is 14.2. The molecule has 3 aliphatic rings. The Bertz CT molecular complexity index is 2510. The van der Waals surface area contributed by atoms with E-state index >= 15 is 0 Å². The summed E-state index contributed by atoms with van der Waals surface area (Å²) in [5, 5.41) is 51.0. The van der Waals surface area contributed by atoms with Gasteiger partial charge in [0.2, 0.25) is 0 Å². The highest BCUT2D eigenvalue weighted by Crippen LogP contribution is 2.52. The maximum atomic E-state index is 13.8. The summed E-state index contributed by atoms with van der Waals surface area (Å²) in [7, 11) is 1.45. The molecule has 0 saturated carbocycles. The lowest BCUT2D eigenvalue weighted by atomic mass is 9.73. The number of carbonyl (C=O) groups is 5. The molecule has 5 N–H and O–H groups in total. The number of ether oxygens (including phenoxy) is 5. The van der Waals surface area contributed by atoms with Crippen LogP contribution in [0.4, 0.5) is 29.3 Å². The van der Waals surface area contributed by atoms with Crippen LogP contribution in [0.5, 0.6) is 17.2 Å². The number of nitrogens with one attached hydrogen (secondary N) is 2. The number of hydrogen-bond acceptors (Lipinski definition) is 15. The van der Waals surface area contributed by atoms with Gasteiger partial charge in [0.15, 0.2) is 17.9 Å². The summed E-state index contributed by atoms with van der Waals surface area (Å²) >= 11 is 0. The Balaban J connectivity index is 1.21. The van der Waals surface area contributed by atoms with Gasteiger partial charge in [0.1, 0.15) is 35.6 Å². The molecule has 0 spiro atoms. The molecule has 4 aromatic rings. The Kier molecular flexibility index (Phi) is 11.9. The van der Waals surface area contributed by atoms with Gasteiger partial charge in [0, 0.05) is 59.3 Å². The van der Waals surface area contributed by atoms with Crippen molar-refractivity contribution in [3.05, 3.63) is 122 Å². The van der Waals surface area contributed by atoms with Crippen molar-refractivity contribution in [1.82, 2.24) is 5.32 Å². The van der Waals surface area contributed by atoms with Crippen LogP contribution in [0.3, 0.4) is 0 Å². The number of alkyl halides is 3. The van der Waals surface area contributed by atoms with Crippen molar-refractivity contribution in [1.29, 1.82) is 0 Å². The molecule has 2 aliphatic carbocycles. The monoisotopic (exact) mass is 879 g/mol. The third-order valence-electron chi connectivity index (χ3n) is 10.8. The predicted molar refractivity (Wildman–Crippen MR) is 207 cm³/mol. The van der Waals surface area contributed by atoms with Crippen molar-refractivity contribution in [3.8, 4) is 17.2 Å². The summed E-state index contributed by atoms with van der Waals surface area (Å²) in [5.74, 6) is -6.37. The van der Waals surface area contributed by atoms with E-state index < -0.39 is 125 Å². The first-order chi connectivity index (χ1) is 29.8. The van der Waals surface area contributed by atoms with E-state index in [2.05, 4.69) is 5.32 Å². The van der Waals surface area contributed by atoms with Crippen LogP contribution in [0.15, 0.2) is 72.8 Å². The number of phenols is 2. The molecule has 330 valence electrons. The lowest BCUT2D eigenvalue weighted by Crippen LogP contribution is -2.58. The molecule has 18 nitrogen and oxygen atoms in total. The number of amides is 2. The third kappa shape index (κ3) is 8.83. The summed E-state index contributed by atoms with van der Waals surface area (Å²) in [6.07, 6.45) is -14.6. The number of nitro groups is 1. The SMILES string of the molecule is COc1ccc(NC(=O)OCC2(O)Cc3c(O)c4c(c(O)c3[C@@H](O[C@H]3C[C@H](NC(=O)C(F)(F)F)[C@@H](OC(=O)c5ccc([N+](=O)[O-])cc5)[C@@H](C)O3)C2)C(=O)c2ccccc2C4=O)cc1. The molecule has 2 amide bonds. The van der Waals surface area contributed by atoms with Crippen molar-refractivity contribution >= 4 is 40.9 Å². The van der Waals surface area contributed by atoms with Crippen LogP contribution in [0.25, 0.3) is 0 Å². The number of benzene rings is 4. The van der Waals surface area contributed by atoms with Gasteiger partial charge in [0.05, 0.1) is 47.0 Å². The van der Waals surface area contributed by atoms with E-state index in [1.807, 2.05) is 0 Å². The van der Waals surface area contributed by atoms with Crippen molar-refractivity contribution in [2.24, 2.45) is 0 Å². The molecule has 1 heterocycles. The normalized spacial score (nSPS) is 22.7. The second-order valence-electron chi connectivity index (χ2n) is 15.0. The van der Waals surface area contributed by atoms with Gasteiger partial charge in [-0.3, -0.25) is 29.8 Å². The number of aliphatic hydroxyl groups is 1. The van der Waals surface area contributed by atoms with Crippen molar-refractivity contribution in [2.75, 3.05) is 19.0 Å². The number of halogens is 3. The Morgan fingerprint density at radius 2 is 1.57 bits per heavy atom. The minimum atomic E-state index is -5.41. The predicted octanol–water partition coefficient (Wildman–Crippen LogP) is 5.18. The number of non-ortho nitro benzene ring substituents is 1. The number of methoxy groups -OCH3 is 1. The van der Waals surface area contributed by atoms with Gasteiger partial charge in [-0.2, -0.15) is 13.2 Å². The summed E-state index contributed by atoms with van der Waals surface area (Å²) in [4.78, 5) is 76.3. The van der Waals surface area contributed by atoms with E-state index in [-0.39, 0.29) is 39.2 Å². The Hall–Kier alpha value is -7.10. The largest absolute Gasteiger partial charge is 0.507 e. The number of fused-ring (bicyclic) bond motifs is 3. The van der Waals surface area contributed by atoms with Crippen LogP contribution < -0.4 is 15.4 Å². The van der Waals surface area contributed by atoms with Crippen molar-refractivity contribution in [3.63, 3.8) is 0 Å². The van der Waals surface area contributed by atoms with E-state index in [9.17, 15) is 62.6 Å². The van der Waals surface area contributed by atoms with Crippen molar-refractivity contribution < 1.29 is 81.1 Å². The highest BCUT2D eigenvalue weighted by molar-refractivity contribution is 6.30. The molecule has 1 saturated heterocycles. The highest BCUT2D eigenvalue weighted by atomic mass is 19.4. The maximum absolute atomic E-state index is 13.8. The van der Waals surface area contributed by atoms with Crippen LogP contribution in [0.2, 0.25) is 0 Å². The zero-order valence-corrected chi connectivity index (χ0v) is 33.0. The standard InChI is InChI=1S/C42H36F3N3O15/c1-19-37(63-38(53)20-7-11-22(12-8-20)48(57)58)27(47-39(54)42(43,44)45)15-29(61-19)62-28-17-41(56,18-60-40(55)46-21-9-13-23(59-2)14-10-21)16-26-30(28)36(52)32-31(35(26)51)33(49)24-5-3-4-6-25(24)34(32)50/h3-14,19,27-29,37,51-52,56H,15-18H2,1-2H3,(H,46,55)(H,47,54)/t19-,27+,28+,29+,37+,41?/m1/s1. The second-order valence-corrected chi connectivity index (χ2v) is 15.0. The van der Waals surface area contributed by atoms with E-state index in [0.717, 1.165) is 24.3 Å². The number of anilines is 1. The molecule has 0 aromatic heterocycles. The molecule has 4 aromatic carbocycles. The fourth-order valence-electron chi connectivity index (χ4n) is 7.80. The van der Waals surface area contributed by atoms with Gasteiger partial charge in [-0.05, 0) is 43.3 Å². The van der Waals surface area contributed by atoms with E-state index in [0.29, 0.717) is 5.75 Å². The molecule has 1 fully saturated rings. The van der Waals surface area contributed by atoms with Crippen LogP contribution in [0, 0.1) is 10.1 Å². The average Bonchev–Trinajstić information content (AvgIpc) is 3.24. The molecule has 1 unspecified atom stereocenters. The lowest BCUT2D eigenvalue weighted by Gasteiger charge is -2.44. The Labute approximate surface area is 353 Å². The number of esters is 1. The number of ketones is 2. The lowest BCUT2D eigenvalue weighted by molar-refractivity contribution is -0.384. The van der Waals surface area contributed by atoms with E-state index in [1.54, 1.807) is 17.4 Å². The number of nitrogens with zero attached hydrogens (tertiary/aromatic N) is 1.